The summed E-state index contributed by atoms with van der Waals surface area (Å²) in [5, 5.41) is 5.86. The Kier molecular flexibility index (Phi) is 10.2. The predicted molar refractivity (Wildman–Crippen MR) is 105 cm³/mol. The minimum atomic E-state index is -0.263. The average molecular weight is 384 g/mol. The molecule has 1 unspecified atom stereocenters. The first-order chi connectivity index (χ1) is 12.1. The van der Waals surface area contributed by atoms with Crippen LogP contribution in [0.15, 0.2) is 24.3 Å². The number of nitrogens with one attached hydrogen (secondary N) is 2. The maximum absolute atomic E-state index is 12.3. The number of hydrogen-bond donors (Lipinski definition) is 3. The van der Waals surface area contributed by atoms with Crippen molar-refractivity contribution in [1.82, 2.24) is 5.32 Å². The zero-order chi connectivity index (χ0) is 18.1. The summed E-state index contributed by atoms with van der Waals surface area (Å²) in [5.41, 5.74) is 7.24. The van der Waals surface area contributed by atoms with E-state index in [2.05, 4.69) is 10.6 Å². The van der Waals surface area contributed by atoms with Crippen LogP contribution in [0.5, 0.6) is 0 Å². The molecular formula is C19H30ClN3O3. The zero-order valence-electron chi connectivity index (χ0n) is 15.3. The average Bonchev–Trinajstić information content (AvgIpc) is 2.65. The van der Waals surface area contributed by atoms with Crippen LogP contribution in [0.1, 0.15) is 44.1 Å². The van der Waals surface area contributed by atoms with Crippen molar-refractivity contribution in [3.63, 3.8) is 0 Å². The number of rotatable bonds is 8. The molecule has 1 aromatic rings. The molecule has 2 amide bonds. The van der Waals surface area contributed by atoms with Gasteiger partial charge in [0.15, 0.2) is 0 Å². The van der Waals surface area contributed by atoms with Crippen LogP contribution in [0.2, 0.25) is 0 Å². The molecule has 1 aliphatic rings. The molecule has 7 heteroatoms. The molecule has 4 N–H and O–H groups in total. The van der Waals surface area contributed by atoms with Crippen LogP contribution in [0.25, 0.3) is 0 Å². The van der Waals surface area contributed by atoms with E-state index in [-0.39, 0.29) is 42.7 Å². The molecule has 6 nitrogen and oxygen atoms in total. The fraction of sp³-hybridized carbons (Fsp3) is 0.579. The molecule has 0 radical (unpaired) electrons. The molecule has 1 atom stereocenters. The van der Waals surface area contributed by atoms with E-state index >= 15 is 0 Å². The highest BCUT2D eigenvalue weighted by Crippen LogP contribution is 2.25. The Morgan fingerprint density at radius 2 is 2.00 bits per heavy atom. The third-order valence-corrected chi connectivity index (χ3v) is 4.67. The highest BCUT2D eigenvalue weighted by Gasteiger charge is 2.21. The Bertz CT molecular complexity index is 573. The minimum Gasteiger partial charge on any atom is -0.380 e. The van der Waals surface area contributed by atoms with Crippen LogP contribution in [-0.4, -0.2) is 31.6 Å². The molecule has 0 heterocycles. The first-order valence-corrected chi connectivity index (χ1v) is 9.01. The van der Waals surface area contributed by atoms with Crippen LogP contribution in [0.4, 0.5) is 5.69 Å². The van der Waals surface area contributed by atoms with Gasteiger partial charge in [-0.25, -0.2) is 0 Å². The van der Waals surface area contributed by atoms with E-state index in [4.69, 9.17) is 10.5 Å². The van der Waals surface area contributed by atoms with Gasteiger partial charge in [0.05, 0.1) is 12.5 Å². The number of carbonyl (C=O) groups excluding carboxylic acids is 2. The summed E-state index contributed by atoms with van der Waals surface area (Å²) in [6.45, 7) is 0.722. The van der Waals surface area contributed by atoms with Crippen molar-refractivity contribution in [2.24, 2.45) is 11.7 Å². The van der Waals surface area contributed by atoms with Crippen molar-refractivity contribution in [2.45, 2.75) is 51.2 Å². The van der Waals surface area contributed by atoms with Crippen LogP contribution in [-0.2, 0) is 20.9 Å². The maximum atomic E-state index is 12.3. The number of methoxy groups -OCH3 is 1. The summed E-state index contributed by atoms with van der Waals surface area (Å²) in [6.07, 6.45) is 5.43. The molecule has 2 rings (SSSR count). The minimum absolute atomic E-state index is 0. The van der Waals surface area contributed by atoms with Crippen LogP contribution in [0, 0.1) is 5.92 Å². The summed E-state index contributed by atoms with van der Waals surface area (Å²) in [7, 11) is 1.54. The smallest absolute Gasteiger partial charge is 0.227 e. The molecule has 0 aromatic heterocycles. The Morgan fingerprint density at radius 3 is 2.65 bits per heavy atom. The predicted octanol–water partition coefficient (Wildman–Crippen LogP) is 2.61. The molecule has 0 spiro atoms. The van der Waals surface area contributed by atoms with E-state index in [1.807, 2.05) is 24.3 Å². The van der Waals surface area contributed by atoms with Crippen LogP contribution < -0.4 is 16.4 Å². The number of ether oxygens (including phenoxy) is 1. The molecule has 1 aliphatic carbocycles. The number of benzene rings is 1. The van der Waals surface area contributed by atoms with E-state index in [0.29, 0.717) is 13.1 Å². The molecule has 0 saturated heterocycles. The van der Waals surface area contributed by atoms with Gasteiger partial charge in [-0.15, -0.1) is 12.4 Å². The molecule has 146 valence electrons. The Labute approximate surface area is 161 Å². The number of halogens is 1. The lowest BCUT2D eigenvalue weighted by molar-refractivity contribution is -0.123. The van der Waals surface area contributed by atoms with E-state index in [1.165, 1.54) is 6.42 Å². The van der Waals surface area contributed by atoms with E-state index in [0.717, 1.165) is 36.9 Å². The summed E-state index contributed by atoms with van der Waals surface area (Å²) < 4.78 is 5.11. The molecular weight excluding hydrogens is 354 g/mol. The van der Waals surface area contributed by atoms with Crippen molar-refractivity contribution < 1.29 is 14.3 Å². The third-order valence-electron chi connectivity index (χ3n) is 4.67. The monoisotopic (exact) mass is 383 g/mol. The van der Waals surface area contributed by atoms with E-state index in [9.17, 15) is 9.59 Å². The van der Waals surface area contributed by atoms with Gasteiger partial charge in [-0.1, -0.05) is 31.4 Å². The largest absolute Gasteiger partial charge is 0.380 e. The van der Waals surface area contributed by atoms with Gasteiger partial charge in [0.25, 0.3) is 0 Å². The van der Waals surface area contributed by atoms with Gasteiger partial charge < -0.3 is 21.1 Å². The van der Waals surface area contributed by atoms with E-state index < -0.39 is 0 Å². The fourth-order valence-electron chi connectivity index (χ4n) is 3.11. The van der Waals surface area contributed by atoms with Crippen molar-refractivity contribution in [2.75, 3.05) is 19.0 Å². The van der Waals surface area contributed by atoms with Crippen LogP contribution in [0.3, 0.4) is 0 Å². The van der Waals surface area contributed by atoms with Crippen molar-refractivity contribution in [1.29, 1.82) is 0 Å². The first kappa shape index (κ1) is 22.4. The lowest BCUT2D eigenvalue weighted by atomic mass is 9.88. The second-order valence-electron chi connectivity index (χ2n) is 6.60. The number of amides is 2. The van der Waals surface area contributed by atoms with Gasteiger partial charge in [0.2, 0.25) is 11.8 Å². The molecule has 26 heavy (non-hydrogen) atoms. The quantitative estimate of drug-likeness (QED) is 0.643. The van der Waals surface area contributed by atoms with Crippen molar-refractivity contribution >= 4 is 29.9 Å². The summed E-state index contributed by atoms with van der Waals surface area (Å²) >= 11 is 0. The van der Waals surface area contributed by atoms with Gasteiger partial charge in [0.1, 0.15) is 0 Å². The highest BCUT2D eigenvalue weighted by atomic mass is 35.5. The van der Waals surface area contributed by atoms with Gasteiger partial charge >= 0.3 is 0 Å². The Hall–Kier alpha value is -1.63. The highest BCUT2D eigenvalue weighted by molar-refractivity contribution is 5.92. The normalized spacial score (nSPS) is 15.6. The maximum Gasteiger partial charge on any atom is 0.227 e. The summed E-state index contributed by atoms with van der Waals surface area (Å²) in [5.74, 6) is 0.125. The number of anilines is 1. The topological polar surface area (TPSA) is 93.4 Å². The van der Waals surface area contributed by atoms with Gasteiger partial charge in [-0.2, -0.15) is 0 Å². The first-order valence-electron chi connectivity index (χ1n) is 9.01. The summed E-state index contributed by atoms with van der Waals surface area (Å²) in [4.78, 5) is 24.2. The van der Waals surface area contributed by atoms with Gasteiger partial charge in [-0.05, 0) is 30.5 Å². The van der Waals surface area contributed by atoms with Crippen LogP contribution >= 0.6 is 12.4 Å². The molecule has 1 aromatic carbocycles. The fourth-order valence-corrected chi connectivity index (χ4v) is 3.11. The number of nitrogens with two attached hydrogens (primary N) is 1. The Morgan fingerprint density at radius 1 is 1.27 bits per heavy atom. The standard InChI is InChI=1S/C19H29N3O3.ClH/c1-25-17(12-20)11-18(23)21-13-14-6-5-9-16(10-14)22-19(24)15-7-3-2-4-8-15;/h5-6,9-10,15,17H,2-4,7-8,11-13,20H2,1H3,(H,21,23)(H,22,24);1H. The van der Waals surface area contributed by atoms with Crippen molar-refractivity contribution in [3.05, 3.63) is 29.8 Å². The molecule has 1 saturated carbocycles. The lowest BCUT2D eigenvalue weighted by Crippen LogP contribution is -2.31. The zero-order valence-corrected chi connectivity index (χ0v) is 16.1. The van der Waals surface area contributed by atoms with Crippen molar-refractivity contribution in [3.8, 4) is 0 Å². The second-order valence-corrected chi connectivity index (χ2v) is 6.60. The number of hydrogen-bond acceptors (Lipinski definition) is 4. The summed E-state index contributed by atoms with van der Waals surface area (Å²) in [6, 6.07) is 7.59. The van der Waals surface area contributed by atoms with Gasteiger partial charge in [0, 0.05) is 31.8 Å². The van der Waals surface area contributed by atoms with E-state index in [1.54, 1.807) is 7.11 Å². The second kappa shape index (κ2) is 11.9. The molecule has 0 bridgehead atoms. The lowest BCUT2D eigenvalue weighted by Gasteiger charge is -2.21. The Balaban J connectivity index is 0.00000338. The third kappa shape index (κ3) is 7.32. The molecule has 1 fully saturated rings. The SMILES string of the molecule is COC(CN)CC(=O)NCc1cccc(NC(=O)C2CCCCC2)c1.Cl. The number of carbonyl (C=O) groups is 2. The molecule has 0 aliphatic heterocycles. The van der Waals surface area contributed by atoms with Gasteiger partial charge in [-0.3, -0.25) is 9.59 Å².